The summed E-state index contributed by atoms with van der Waals surface area (Å²) in [6.07, 6.45) is -2.76. The van der Waals surface area contributed by atoms with E-state index in [-0.39, 0.29) is 11.5 Å². The monoisotopic (exact) mass is 300 g/mol. The van der Waals surface area contributed by atoms with E-state index in [2.05, 4.69) is 4.90 Å². The van der Waals surface area contributed by atoms with Gasteiger partial charge in [0.25, 0.3) is 0 Å². The molecule has 0 spiro atoms. The van der Waals surface area contributed by atoms with E-state index in [1.165, 1.54) is 12.1 Å². The molecule has 0 saturated carbocycles. The van der Waals surface area contributed by atoms with Crippen LogP contribution in [0.5, 0.6) is 0 Å². The standard InChI is InChI=1S/C16H23F3N2/c1-15(2,20)11-21-9-7-12(8-10-21)13-5-3-4-6-14(13)16(17,18)19/h3-6,12H,7-11,20H2,1-2H3. The smallest absolute Gasteiger partial charge is 0.324 e. The molecule has 2 rings (SSSR count). The second-order valence-corrected chi connectivity index (χ2v) is 6.62. The topological polar surface area (TPSA) is 29.3 Å². The average molecular weight is 300 g/mol. The summed E-state index contributed by atoms with van der Waals surface area (Å²) < 4.78 is 39.2. The first kappa shape index (κ1) is 16.3. The summed E-state index contributed by atoms with van der Waals surface area (Å²) in [6.45, 7) is 6.33. The molecule has 5 heteroatoms. The van der Waals surface area contributed by atoms with E-state index in [0.717, 1.165) is 32.5 Å². The largest absolute Gasteiger partial charge is 0.416 e. The third-order valence-corrected chi connectivity index (χ3v) is 3.92. The molecule has 0 atom stereocenters. The molecule has 1 saturated heterocycles. The Balaban J connectivity index is 2.06. The molecule has 2 nitrogen and oxygen atoms in total. The Morgan fingerprint density at radius 1 is 1.14 bits per heavy atom. The number of halogens is 3. The van der Waals surface area contributed by atoms with Crippen LogP contribution >= 0.6 is 0 Å². The minimum absolute atomic E-state index is 0.0139. The van der Waals surface area contributed by atoms with Gasteiger partial charge in [0.15, 0.2) is 0 Å². The van der Waals surface area contributed by atoms with Gasteiger partial charge in [0.1, 0.15) is 0 Å². The van der Waals surface area contributed by atoms with Crippen molar-refractivity contribution in [1.82, 2.24) is 4.90 Å². The van der Waals surface area contributed by atoms with Crippen molar-refractivity contribution >= 4 is 0 Å². The van der Waals surface area contributed by atoms with Crippen molar-refractivity contribution in [2.24, 2.45) is 5.73 Å². The highest BCUT2D eigenvalue weighted by atomic mass is 19.4. The Morgan fingerprint density at radius 2 is 1.71 bits per heavy atom. The quantitative estimate of drug-likeness (QED) is 0.924. The highest BCUT2D eigenvalue weighted by Gasteiger charge is 2.35. The molecule has 1 aliphatic rings. The predicted molar refractivity (Wildman–Crippen MR) is 78.1 cm³/mol. The van der Waals surface area contributed by atoms with Crippen LogP contribution in [0.3, 0.4) is 0 Å². The molecule has 1 aromatic carbocycles. The van der Waals surface area contributed by atoms with Crippen LogP contribution in [0.1, 0.15) is 43.7 Å². The summed E-state index contributed by atoms with van der Waals surface area (Å²) in [5, 5.41) is 0. The Bertz CT molecular complexity index is 469. The summed E-state index contributed by atoms with van der Waals surface area (Å²) in [5.41, 5.74) is 5.69. The van der Waals surface area contributed by atoms with Crippen LogP contribution in [0.2, 0.25) is 0 Å². The highest BCUT2D eigenvalue weighted by Crippen LogP contribution is 2.38. The average Bonchev–Trinajstić information content (AvgIpc) is 2.37. The van der Waals surface area contributed by atoms with Crippen LogP contribution in [0, 0.1) is 0 Å². The van der Waals surface area contributed by atoms with Gasteiger partial charge in [-0.2, -0.15) is 13.2 Å². The first-order valence-electron chi connectivity index (χ1n) is 7.34. The second-order valence-electron chi connectivity index (χ2n) is 6.62. The normalized spacial score (nSPS) is 19.0. The molecule has 0 radical (unpaired) electrons. The molecule has 0 aromatic heterocycles. The van der Waals surface area contributed by atoms with Gasteiger partial charge in [-0.1, -0.05) is 18.2 Å². The van der Waals surface area contributed by atoms with Crippen molar-refractivity contribution < 1.29 is 13.2 Å². The maximum absolute atomic E-state index is 13.1. The fraction of sp³-hybridized carbons (Fsp3) is 0.625. The zero-order valence-electron chi connectivity index (χ0n) is 12.6. The molecule has 1 aliphatic heterocycles. The van der Waals surface area contributed by atoms with E-state index in [4.69, 9.17) is 5.73 Å². The van der Waals surface area contributed by atoms with E-state index in [9.17, 15) is 13.2 Å². The summed E-state index contributed by atoms with van der Waals surface area (Å²) in [6, 6.07) is 5.96. The van der Waals surface area contributed by atoms with E-state index < -0.39 is 11.7 Å². The minimum atomic E-state index is -4.27. The lowest BCUT2D eigenvalue weighted by molar-refractivity contribution is -0.138. The van der Waals surface area contributed by atoms with Crippen LogP contribution < -0.4 is 5.73 Å². The molecule has 1 heterocycles. The molecule has 1 fully saturated rings. The molecule has 0 unspecified atom stereocenters. The zero-order valence-corrected chi connectivity index (χ0v) is 12.6. The van der Waals surface area contributed by atoms with E-state index in [0.29, 0.717) is 5.56 Å². The Hall–Kier alpha value is -1.07. The van der Waals surface area contributed by atoms with Gasteiger partial charge in [0.2, 0.25) is 0 Å². The summed E-state index contributed by atoms with van der Waals surface area (Å²) >= 11 is 0. The van der Waals surface area contributed by atoms with Gasteiger partial charge < -0.3 is 10.6 Å². The zero-order chi connectivity index (χ0) is 15.7. The fourth-order valence-corrected chi connectivity index (χ4v) is 3.09. The van der Waals surface area contributed by atoms with Gasteiger partial charge in [-0.3, -0.25) is 0 Å². The van der Waals surface area contributed by atoms with E-state index in [1.807, 2.05) is 13.8 Å². The molecule has 0 amide bonds. The fourth-order valence-electron chi connectivity index (χ4n) is 3.09. The first-order valence-corrected chi connectivity index (χ1v) is 7.34. The van der Waals surface area contributed by atoms with Gasteiger partial charge in [0, 0.05) is 12.1 Å². The molecular formula is C16H23F3N2. The number of hydrogen-bond donors (Lipinski definition) is 1. The van der Waals surface area contributed by atoms with E-state index >= 15 is 0 Å². The number of hydrogen-bond acceptors (Lipinski definition) is 2. The van der Waals surface area contributed by atoms with Gasteiger partial charge in [0.05, 0.1) is 5.56 Å². The van der Waals surface area contributed by atoms with Gasteiger partial charge >= 0.3 is 6.18 Å². The maximum atomic E-state index is 13.1. The van der Waals surface area contributed by atoms with Crippen molar-refractivity contribution in [3.63, 3.8) is 0 Å². The third kappa shape index (κ3) is 4.45. The predicted octanol–water partition coefficient (Wildman–Crippen LogP) is 3.62. The number of benzene rings is 1. The van der Waals surface area contributed by atoms with E-state index in [1.54, 1.807) is 12.1 Å². The maximum Gasteiger partial charge on any atom is 0.416 e. The van der Waals surface area contributed by atoms with Crippen molar-refractivity contribution in [1.29, 1.82) is 0 Å². The Labute approximate surface area is 124 Å². The number of likely N-dealkylation sites (tertiary alicyclic amines) is 1. The van der Waals surface area contributed by atoms with Crippen LogP contribution in [-0.4, -0.2) is 30.1 Å². The lowest BCUT2D eigenvalue weighted by Crippen LogP contribution is -2.47. The molecule has 118 valence electrons. The number of nitrogens with zero attached hydrogens (tertiary/aromatic N) is 1. The molecule has 0 aliphatic carbocycles. The molecule has 21 heavy (non-hydrogen) atoms. The summed E-state index contributed by atoms with van der Waals surface area (Å²) in [4.78, 5) is 2.24. The summed E-state index contributed by atoms with van der Waals surface area (Å²) in [5.74, 6) is -0.0139. The van der Waals surface area contributed by atoms with Gasteiger partial charge in [-0.15, -0.1) is 0 Å². The summed E-state index contributed by atoms with van der Waals surface area (Å²) in [7, 11) is 0. The van der Waals surface area contributed by atoms with Crippen molar-refractivity contribution in [2.45, 2.75) is 44.3 Å². The Morgan fingerprint density at radius 3 is 2.24 bits per heavy atom. The molecule has 1 aromatic rings. The van der Waals surface area contributed by atoms with Crippen molar-refractivity contribution in [3.05, 3.63) is 35.4 Å². The number of nitrogens with two attached hydrogens (primary N) is 1. The number of alkyl halides is 3. The van der Waals surface area contributed by atoms with Crippen molar-refractivity contribution in [2.75, 3.05) is 19.6 Å². The van der Waals surface area contributed by atoms with Crippen LogP contribution in [0.15, 0.2) is 24.3 Å². The Kier molecular flexibility index (Phi) is 4.63. The first-order chi connectivity index (χ1) is 9.67. The lowest BCUT2D eigenvalue weighted by Gasteiger charge is -2.36. The van der Waals surface area contributed by atoms with Gasteiger partial charge in [-0.25, -0.2) is 0 Å². The van der Waals surface area contributed by atoms with Gasteiger partial charge in [-0.05, 0) is 57.3 Å². The minimum Gasteiger partial charge on any atom is -0.324 e. The van der Waals surface area contributed by atoms with Crippen LogP contribution in [-0.2, 0) is 6.18 Å². The molecule has 2 N–H and O–H groups in total. The number of rotatable bonds is 3. The lowest BCUT2D eigenvalue weighted by atomic mass is 9.86. The third-order valence-electron chi connectivity index (χ3n) is 3.92. The molecular weight excluding hydrogens is 277 g/mol. The van der Waals surface area contributed by atoms with Crippen LogP contribution in [0.4, 0.5) is 13.2 Å². The second kappa shape index (κ2) is 5.97. The SMILES string of the molecule is CC(C)(N)CN1CCC(c2ccccc2C(F)(F)F)CC1. The number of piperidine rings is 1. The molecule has 0 bridgehead atoms. The van der Waals surface area contributed by atoms with Crippen molar-refractivity contribution in [3.8, 4) is 0 Å². The van der Waals surface area contributed by atoms with Crippen LogP contribution in [0.25, 0.3) is 0 Å². The highest BCUT2D eigenvalue weighted by molar-refractivity contribution is 5.33.